The SMILES string of the molecule is COc1cccnc1CC(C)(C)C(=O)O. The average molecular weight is 209 g/mol. The van der Waals surface area contributed by atoms with Crippen molar-refractivity contribution in [3.63, 3.8) is 0 Å². The minimum absolute atomic E-state index is 0.354. The smallest absolute Gasteiger partial charge is 0.309 e. The van der Waals surface area contributed by atoms with Crippen LogP contribution in [0, 0.1) is 5.41 Å². The molecule has 0 saturated heterocycles. The highest BCUT2D eigenvalue weighted by Gasteiger charge is 2.29. The van der Waals surface area contributed by atoms with Crippen molar-refractivity contribution in [2.75, 3.05) is 7.11 Å². The summed E-state index contributed by atoms with van der Waals surface area (Å²) in [6.45, 7) is 3.34. The number of hydrogen-bond donors (Lipinski definition) is 1. The van der Waals surface area contributed by atoms with Crippen molar-refractivity contribution in [1.29, 1.82) is 0 Å². The fraction of sp³-hybridized carbons (Fsp3) is 0.455. The van der Waals surface area contributed by atoms with Crippen LogP contribution in [0.5, 0.6) is 5.75 Å². The Hall–Kier alpha value is -1.58. The number of methoxy groups -OCH3 is 1. The number of rotatable bonds is 4. The number of carboxylic acid groups (broad SMARTS) is 1. The van der Waals surface area contributed by atoms with E-state index in [1.165, 1.54) is 0 Å². The van der Waals surface area contributed by atoms with Gasteiger partial charge < -0.3 is 9.84 Å². The first-order valence-electron chi connectivity index (χ1n) is 4.68. The van der Waals surface area contributed by atoms with Crippen molar-refractivity contribution in [2.45, 2.75) is 20.3 Å². The molecule has 0 amide bonds. The van der Waals surface area contributed by atoms with Gasteiger partial charge in [0.25, 0.3) is 0 Å². The van der Waals surface area contributed by atoms with Gasteiger partial charge in [0.05, 0.1) is 18.2 Å². The zero-order chi connectivity index (χ0) is 11.5. The van der Waals surface area contributed by atoms with Crippen LogP contribution in [-0.2, 0) is 11.2 Å². The third kappa shape index (κ3) is 2.68. The number of hydrogen-bond acceptors (Lipinski definition) is 3. The highest BCUT2D eigenvalue weighted by atomic mass is 16.5. The topological polar surface area (TPSA) is 59.4 Å². The van der Waals surface area contributed by atoms with E-state index in [4.69, 9.17) is 9.84 Å². The van der Waals surface area contributed by atoms with Gasteiger partial charge in [-0.1, -0.05) is 0 Å². The van der Waals surface area contributed by atoms with Crippen molar-refractivity contribution in [3.05, 3.63) is 24.0 Å². The summed E-state index contributed by atoms with van der Waals surface area (Å²) in [5, 5.41) is 9.00. The number of nitrogens with zero attached hydrogens (tertiary/aromatic N) is 1. The lowest BCUT2D eigenvalue weighted by Crippen LogP contribution is -2.26. The van der Waals surface area contributed by atoms with Gasteiger partial charge in [-0.25, -0.2) is 0 Å². The van der Waals surface area contributed by atoms with Crippen molar-refractivity contribution >= 4 is 5.97 Å². The summed E-state index contributed by atoms with van der Waals surface area (Å²) in [4.78, 5) is 15.1. The lowest BCUT2D eigenvalue weighted by Gasteiger charge is -2.19. The Balaban J connectivity index is 2.94. The molecule has 0 unspecified atom stereocenters. The number of ether oxygens (including phenoxy) is 1. The van der Waals surface area contributed by atoms with Crippen molar-refractivity contribution in [2.24, 2.45) is 5.41 Å². The number of pyridine rings is 1. The van der Waals surface area contributed by atoms with Gasteiger partial charge in [-0.2, -0.15) is 0 Å². The lowest BCUT2D eigenvalue weighted by molar-refractivity contribution is -0.146. The summed E-state index contributed by atoms with van der Waals surface area (Å²) < 4.78 is 5.12. The van der Waals surface area contributed by atoms with Crippen molar-refractivity contribution < 1.29 is 14.6 Å². The molecule has 0 atom stereocenters. The van der Waals surface area contributed by atoms with E-state index in [1.54, 1.807) is 39.3 Å². The van der Waals surface area contributed by atoms with Crippen molar-refractivity contribution in [3.8, 4) is 5.75 Å². The molecule has 4 nitrogen and oxygen atoms in total. The Bertz CT molecular complexity index is 361. The van der Waals surface area contributed by atoms with Gasteiger partial charge in [0.15, 0.2) is 0 Å². The molecule has 0 radical (unpaired) electrons. The summed E-state index contributed by atoms with van der Waals surface area (Å²) in [6.07, 6.45) is 1.99. The van der Waals surface area contributed by atoms with Gasteiger partial charge in [-0.15, -0.1) is 0 Å². The van der Waals surface area contributed by atoms with E-state index in [0.717, 1.165) is 0 Å². The molecule has 4 heteroatoms. The van der Waals surface area contributed by atoms with E-state index in [1.807, 2.05) is 0 Å². The van der Waals surface area contributed by atoms with Crippen LogP contribution < -0.4 is 4.74 Å². The van der Waals surface area contributed by atoms with Crippen LogP contribution in [0.1, 0.15) is 19.5 Å². The monoisotopic (exact) mass is 209 g/mol. The number of aliphatic carboxylic acids is 1. The number of carboxylic acids is 1. The molecule has 1 aromatic heterocycles. The minimum Gasteiger partial charge on any atom is -0.495 e. The Morgan fingerprint density at radius 1 is 1.60 bits per heavy atom. The molecule has 82 valence electrons. The van der Waals surface area contributed by atoms with E-state index >= 15 is 0 Å². The number of carbonyl (C=O) groups is 1. The summed E-state index contributed by atoms with van der Waals surface area (Å²) in [7, 11) is 1.55. The van der Waals surface area contributed by atoms with Gasteiger partial charge in [-0.05, 0) is 26.0 Å². The molecule has 1 rings (SSSR count). The Morgan fingerprint density at radius 2 is 2.27 bits per heavy atom. The average Bonchev–Trinajstić information content (AvgIpc) is 2.18. The highest BCUT2D eigenvalue weighted by molar-refractivity contribution is 5.74. The van der Waals surface area contributed by atoms with E-state index in [2.05, 4.69) is 4.98 Å². The van der Waals surface area contributed by atoms with Crippen LogP contribution in [0.15, 0.2) is 18.3 Å². The second kappa shape index (κ2) is 4.29. The standard InChI is InChI=1S/C11H15NO3/c1-11(2,10(13)14)7-8-9(15-3)5-4-6-12-8/h4-6H,7H2,1-3H3,(H,13,14). The summed E-state index contributed by atoms with van der Waals surface area (Å²) in [6, 6.07) is 3.54. The molecule has 1 aromatic rings. The summed E-state index contributed by atoms with van der Waals surface area (Å²) >= 11 is 0. The third-order valence-electron chi connectivity index (χ3n) is 2.26. The van der Waals surface area contributed by atoms with Crippen LogP contribution in [0.4, 0.5) is 0 Å². The lowest BCUT2D eigenvalue weighted by atomic mass is 9.87. The fourth-order valence-electron chi connectivity index (χ4n) is 1.24. The second-order valence-electron chi connectivity index (χ2n) is 4.02. The molecule has 0 aromatic carbocycles. The van der Waals surface area contributed by atoms with Gasteiger partial charge >= 0.3 is 5.97 Å². The normalized spacial score (nSPS) is 11.1. The zero-order valence-electron chi connectivity index (χ0n) is 9.15. The molecule has 0 bridgehead atoms. The Kier molecular flexibility index (Phi) is 3.29. The van der Waals surface area contributed by atoms with Crippen LogP contribution in [0.2, 0.25) is 0 Å². The van der Waals surface area contributed by atoms with Crippen LogP contribution >= 0.6 is 0 Å². The first kappa shape index (κ1) is 11.5. The largest absolute Gasteiger partial charge is 0.495 e. The first-order chi connectivity index (χ1) is 6.97. The molecular weight excluding hydrogens is 194 g/mol. The molecule has 0 saturated carbocycles. The molecule has 15 heavy (non-hydrogen) atoms. The number of aromatic nitrogens is 1. The molecule has 0 aliphatic carbocycles. The summed E-state index contributed by atoms with van der Waals surface area (Å²) in [5.74, 6) is -0.206. The van der Waals surface area contributed by atoms with Crippen LogP contribution in [0.3, 0.4) is 0 Å². The van der Waals surface area contributed by atoms with Gasteiger partial charge in [0.1, 0.15) is 5.75 Å². The van der Waals surface area contributed by atoms with E-state index in [0.29, 0.717) is 17.9 Å². The van der Waals surface area contributed by atoms with Gasteiger partial charge in [-0.3, -0.25) is 9.78 Å². The highest BCUT2D eigenvalue weighted by Crippen LogP contribution is 2.26. The minimum atomic E-state index is -0.838. The molecule has 0 spiro atoms. The van der Waals surface area contributed by atoms with Crippen molar-refractivity contribution in [1.82, 2.24) is 4.98 Å². The van der Waals surface area contributed by atoms with Gasteiger partial charge in [0, 0.05) is 12.6 Å². The second-order valence-corrected chi connectivity index (χ2v) is 4.02. The summed E-state index contributed by atoms with van der Waals surface area (Å²) in [5.41, 5.74) is -0.158. The maximum Gasteiger partial charge on any atom is 0.309 e. The van der Waals surface area contributed by atoms with Crippen LogP contribution in [0.25, 0.3) is 0 Å². The molecule has 0 fully saturated rings. The third-order valence-corrected chi connectivity index (χ3v) is 2.26. The fourth-order valence-corrected chi connectivity index (χ4v) is 1.24. The molecule has 0 aliphatic rings. The molecule has 0 aliphatic heterocycles. The quantitative estimate of drug-likeness (QED) is 0.820. The molecule has 1 heterocycles. The Morgan fingerprint density at radius 3 is 2.80 bits per heavy atom. The zero-order valence-corrected chi connectivity index (χ0v) is 9.15. The molecule has 1 N–H and O–H groups in total. The van der Waals surface area contributed by atoms with E-state index in [9.17, 15) is 4.79 Å². The maximum atomic E-state index is 11.0. The first-order valence-corrected chi connectivity index (χ1v) is 4.68. The predicted octanol–water partition coefficient (Wildman–Crippen LogP) is 1.74. The maximum absolute atomic E-state index is 11.0. The van der Waals surface area contributed by atoms with E-state index < -0.39 is 11.4 Å². The van der Waals surface area contributed by atoms with Crippen LogP contribution in [-0.4, -0.2) is 23.2 Å². The predicted molar refractivity (Wildman–Crippen MR) is 55.9 cm³/mol. The Labute approximate surface area is 88.9 Å². The molecular formula is C11H15NO3. The van der Waals surface area contributed by atoms with E-state index in [-0.39, 0.29) is 0 Å². The van der Waals surface area contributed by atoms with Gasteiger partial charge in [0.2, 0.25) is 0 Å².